The van der Waals surface area contributed by atoms with Crippen molar-refractivity contribution in [1.29, 1.82) is 0 Å². The molecule has 0 saturated carbocycles. The number of hydrogen-bond acceptors (Lipinski definition) is 7. The van der Waals surface area contributed by atoms with Crippen LogP contribution in [-0.4, -0.2) is 28.1 Å². The van der Waals surface area contributed by atoms with Crippen molar-refractivity contribution in [3.63, 3.8) is 0 Å². The van der Waals surface area contributed by atoms with Gasteiger partial charge in [-0.15, -0.1) is 27.8 Å². The maximum Gasteiger partial charge on any atom is 0.158 e. The summed E-state index contributed by atoms with van der Waals surface area (Å²) in [6.07, 6.45) is 8.36. The van der Waals surface area contributed by atoms with Crippen LogP contribution in [0.2, 0.25) is 0 Å². The van der Waals surface area contributed by atoms with Crippen molar-refractivity contribution >= 4 is 52.5 Å². The van der Waals surface area contributed by atoms with Crippen molar-refractivity contribution in [2.45, 2.75) is 20.8 Å². The van der Waals surface area contributed by atoms with Gasteiger partial charge in [0.25, 0.3) is 0 Å². The number of thiophene rings is 2. The maximum absolute atomic E-state index is 11.2. The highest BCUT2D eigenvalue weighted by Gasteiger charge is 2.05. The zero-order valence-electron chi connectivity index (χ0n) is 15.5. The van der Waals surface area contributed by atoms with E-state index < -0.39 is 0 Å². The van der Waals surface area contributed by atoms with Gasteiger partial charge in [-0.1, -0.05) is 38.1 Å². The Labute approximate surface area is 167 Å². The number of ketones is 1. The number of oxime groups is 2. The molecule has 1 atom stereocenters. The van der Waals surface area contributed by atoms with Gasteiger partial charge >= 0.3 is 0 Å². The summed E-state index contributed by atoms with van der Waals surface area (Å²) in [4.78, 5) is 13.4. The van der Waals surface area contributed by atoms with Crippen LogP contribution in [-0.2, 0) is 4.79 Å². The molecule has 0 aliphatic heterocycles. The first-order chi connectivity index (χ1) is 13.0. The number of carbonyl (C=O) groups excluding carboxylic acids is 1. The van der Waals surface area contributed by atoms with Gasteiger partial charge in [-0.25, -0.2) is 0 Å². The molecule has 0 bridgehead atoms. The fraction of sp³-hybridized carbons (Fsp3) is 0.250. The molecule has 7 heteroatoms. The number of hydrogen-bond donors (Lipinski definition) is 2. The lowest BCUT2D eigenvalue weighted by molar-refractivity contribution is -0.117. The van der Waals surface area contributed by atoms with E-state index in [4.69, 9.17) is 10.4 Å². The molecular formula is C20H24N2O3S2. The Morgan fingerprint density at radius 2 is 1.56 bits per heavy atom. The summed E-state index contributed by atoms with van der Waals surface area (Å²) < 4.78 is 0. The largest absolute Gasteiger partial charge is 0.411 e. The third-order valence-corrected chi connectivity index (χ3v) is 5.03. The van der Waals surface area contributed by atoms with Crippen LogP contribution >= 0.6 is 22.7 Å². The molecule has 1 unspecified atom stereocenters. The van der Waals surface area contributed by atoms with Crippen LogP contribution < -0.4 is 0 Å². The molecule has 2 heterocycles. The average molecular weight is 405 g/mol. The average Bonchev–Trinajstić information content (AvgIpc) is 3.35. The number of carbonyl (C=O) groups is 1. The summed E-state index contributed by atoms with van der Waals surface area (Å²) in [6, 6.07) is 7.87. The predicted molar refractivity (Wildman–Crippen MR) is 115 cm³/mol. The smallest absolute Gasteiger partial charge is 0.158 e. The molecule has 2 rings (SSSR count). The van der Waals surface area contributed by atoms with Crippen LogP contribution in [0.3, 0.4) is 0 Å². The van der Waals surface area contributed by atoms with Crippen molar-refractivity contribution in [2.75, 3.05) is 0 Å². The summed E-state index contributed by atoms with van der Waals surface area (Å²) in [6.45, 7) is 5.58. The Morgan fingerprint density at radius 3 is 1.96 bits per heavy atom. The number of nitrogens with zero attached hydrogens (tertiary/aromatic N) is 2. The molecule has 0 fully saturated rings. The first kappa shape index (κ1) is 22.5. The highest BCUT2D eigenvalue weighted by Crippen LogP contribution is 2.12. The van der Waals surface area contributed by atoms with Crippen molar-refractivity contribution in [1.82, 2.24) is 0 Å². The summed E-state index contributed by atoms with van der Waals surface area (Å²) in [5, 5.41) is 27.1. The minimum Gasteiger partial charge on any atom is -0.411 e. The zero-order chi connectivity index (χ0) is 20.1. The van der Waals surface area contributed by atoms with E-state index in [2.05, 4.69) is 10.3 Å². The van der Waals surface area contributed by atoms with Crippen molar-refractivity contribution < 1.29 is 15.2 Å². The Bertz CT molecular complexity index is 774. The quantitative estimate of drug-likeness (QED) is 0.270. The van der Waals surface area contributed by atoms with Crippen molar-refractivity contribution in [2.24, 2.45) is 22.1 Å². The van der Waals surface area contributed by atoms with E-state index >= 15 is 0 Å². The Kier molecular flexibility index (Phi) is 10.7. The molecule has 2 aromatic heterocycles. The second-order valence-electron chi connectivity index (χ2n) is 5.83. The van der Waals surface area contributed by atoms with E-state index in [-0.39, 0.29) is 17.6 Å². The van der Waals surface area contributed by atoms with E-state index in [0.717, 1.165) is 9.75 Å². The molecule has 0 spiro atoms. The lowest BCUT2D eigenvalue weighted by Crippen LogP contribution is -2.09. The van der Waals surface area contributed by atoms with E-state index in [9.17, 15) is 4.79 Å². The van der Waals surface area contributed by atoms with Crippen molar-refractivity contribution in [3.8, 4) is 0 Å². The Morgan fingerprint density at radius 1 is 1.00 bits per heavy atom. The van der Waals surface area contributed by atoms with E-state index in [1.54, 1.807) is 41.7 Å². The van der Waals surface area contributed by atoms with Gasteiger partial charge in [0, 0.05) is 21.6 Å². The summed E-state index contributed by atoms with van der Waals surface area (Å²) in [5.74, 6) is 0.0563. The van der Waals surface area contributed by atoms with Gasteiger partial charge in [-0.05, 0) is 47.2 Å². The molecule has 0 aliphatic carbocycles. The molecular weight excluding hydrogens is 380 g/mol. The van der Waals surface area contributed by atoms with Gasteiger partial charge in [0.1, 0.15) is 0 Å². The van der Waals surface area contributed by atoms with Gasteiger partial charge in [-0.3, -0.25) is 4.79 Å². The van der Waals surface area contributed by atoms with Crippen LogP contribution in [0, 0.1) is 11.8 Å². The summed E-state index contributed by atoms with van der Waals surface area (Å²) in [7, 11) is 0. The lowest BCUT2D eigenvalue weighted by Gasteiger charge is -2.01. The molecule has 2 aromatic rings. The van der Waals surface area contributed by atoms with E-state index in [1.165, 1.54) is 6.21 Å². The molecule has 0 saturated heterocycles. The van der Waals surface area contributed by atoms with E-state index in [1.807, 2.05) is 61.0 Å². The van der Waals surface area contributed by atoms with Gasteiger partial charge in [0.2, 0.25) is 0 Å². The van der Waals surface area contributed by atoms with Crippen LogP contribution in [0.4, 0.5) is 0 Å². The standard InChI is InChI=1S/C10H12N2O2S.C10H12OS/c1-8(7-11-13)10(12-14)5-4-9-3-2-6-15-9;1-8(2)10(11)6-5-9-4-3-7-12-9/h2-8,13-14H,1H3;3-8H,1-2H3/b;6-5+. The fourth-order valence-corrected chi connectivity index (χ4v) is 2.98. The maximum atomic E-state index is 11.2. The number of rotatable bonds is 7. The van der Waals surface area contributed by atoms with E-state index in [0.29, 0.717) is 5.71 Å². The molecule has 0 aliphatic rings. The molecule has 0 radical (unpaired) electrons. The molecule has 2 N–H and O–H groups in total. The third kappa shape index (κ3) is 9.12. The molecule has 27 heavy (non-hydrogen) atoms. The highest BCUT2D eigenvalue weighted by molar-refractivity contribution is 7.11. The van der Waals surface area contributed by atoms with Gasteiger partial charge in [0.05, 0.1) is 11.9 Å². The second-order valence-corrected chi connectivity index (χ2v) is 7.79. The Hall–Kier alpha value is -2.51. The molecule has 5 nitrogen and oxygen atoms in total. The van der Waals surface area contributed by atoms with Gasteiger partial charge in [-0.2, -0.15) is 0 Å². The van der Waals surface area contributed by atoms with Crippen LogP contribution in [0.1, 0.15) is 30.5 Å². The second kappa shape index (κ2) is 12.8. The summed E-state index contributed by atoms with van der Waals surface area (Å²) >= 11 is 3.23. The third-order valence-electron chi connectivity index (χ3n) is 3.36. The Balaban J connectivity index is 0.000000277. The monoisotopic (exact) mass is 404 g/mol. The van der Waals surface area contributed by atoms with Gasteiger partial charge < -0.3 is 10.4 Å². The lowest BCUT2D eigenvalue weighted by atomic mass is 10.1. The van der Waals surface area contributed by atoms with Crippen LogP contribution in [0.25, 0.3) is 12.2 Å². The highest BCUT2D eigenvalue weighted by atomic mass is 32.1. The zero-order valence-corrected chi connectivity index (χ0v) is 17.2. The van der Waals surface area contributed by atoms with Crippen molar-refractivity contribution in [3.05, 3.63) is 56.9 Å². The topological polar surface area (TPSA) is 82.2 Å². The van der Waals surface area contributed by atoms with Gasteiger partial charge in [0.15, 0.2) is 5.78 Å². The first-order valence-electron chi connectivity index (χ1n) is 8.34. The first-order valence-corrected chi connectivity index (χ1v) is 10.1. The summed E-state index contributed by atoms with van der Waals surface area (Å²) in [5.41, 5.74) is 0.446. The SMILES string of the molecule is CC(C)C(=O)/C=C/c1cccs1.CC(C=NO)C(C=Cc1cccs1)=NO. The minimum atomic E-state index is -0.226. The minimum absolute atomic E-state index is 0.0983. The van der Waals surface area contributed by atoms with Crippen LogP contribution in [0.15, 0.2) is 57.5 Å². The normalized spacial score (nSPS) is 13.4. The fourth-order valence-electron chi connectivity index (χ4n) is 1.75. The molecule has 0 aromatic carbocycles. The number of allylic oxidation sites excluding steroid dienone is 2. The molecule has 0 amide bonds. The molecule has 144 valence electrons. The predicted octanol–water partition coefficient (Wildman–Crippen LogP) is 5.67. The van der Waals surface area contributed by atoms with Crippen LogP contribution in [0.5, 0.6) is 0 Å².